The minimum atomic E-state index is 0.575. The highest BCUT2D eigenvalue weighted by atomic mass is 16.1. The molecule has 0 saturated carbocycles. The van der Waals surface area contributed by atoms with Crippen LogP contribution in [0.3, 0.4) is 0 Å². The number of nitrogens with one attached hydrogen (secondary N) is 1. The molecule has 2 atom stereocenters. The lowest BCUT2D eigenvalue weighted by Crippen LogP contribution is -2.53. The number of nitrogens with zero attached hydrogens (tertiary/aromatic N) is 1. The van der Waals surface area contributed by atoms with Gasteiger partial charge in [-0.25, -0.2) is 0 Å². The van der Waals surface area contributed by atoms with Crippen LogP contribution >= 0.6 is 0 Å². The first-order valence-electron chi connectivity index (χ1n) is 6.13. The smallest absolute Gasteiger partial charge is 0.134 e. The molecule has 1 N–H and O–H groups in total. The van der Waals surface area contributed by atoms with Crippen molar-refractivity contribution in [2.24, 2.45) is 0 Å². The molecule has 1 aliphatic heterocycles. The summed E-state index contributed by atoms with van der Waals surface area (Å²) in [5, 5.41) is 3.38. The maximum absolute atomic E-state index is 10.7. The highest BCUT2D eigenvalue weighted by molar-refractivity contribution is 5.52. The van der Waals surface area contributed by atoms with E-state index in [1.54, 1.807) is 0 Å². The topological polar surface area (TPSA) is 32.3 Å². The molecular formula is C12H24N2O. The van der Waals surface area contributed by atoms with Crippen LogP contribution in [0.15, 0.2) is 0 Å². The van der Waals surface area contributed by atoms with E-state index < -0.39 is 0 Å². The van der Waals surface area contributed by atoms with Gasteiger partial charge < -0.3 is 10.1 Å². The number of hydrogen-bond donors (Lipinski definition) is 1. The first-order chi connectivity index (χ1) is 7.26. The zero-order chi connectivity index (χ0) is 11.3. The summed E-state index contributed by atoms with van der Waals surface area (Å²) in [5.74, 6) is 0. The Labute approximate surface area is 93.2 Å². The van der Waals surface area contributed by atoms with Gasteiger partial charge >= 0.3 is 0 Å². The van der Waals surface area contributed by atoms with E-state index in [0.29, 0.717) is 24.7 Å². The van der Waals surface area contributed by atoms with E-state index in [1.807, 2.05) is 7.05 Å². The molecule has 0 spiro atoms. The molecule has 88 valence electrons. The third kappa shape index (κ3) is 3.02. The first kappa shape index (κ1) is 12.7. The van der Waals surface area contributed by atoms with Gasteiger partial charge in [0.25, 0.3) is 0 Å². The molecule has 0 aromatic carbocycles. The Hall–Kier alpha value is -0.410. The summed E-state index contributed by atoms with van der Waals surface area (Å²) in [4.78, 5) is 13.1. The van der Waals surface area contributed by atoms with Gasteiger partial charge in [-0.3, -0.25) is 4.90 Å². The summed E-state index contributed by atoms with van der Waals surface area (Å²) < 4.78 is 0. The summed E-state index contributed by atoms with van der Waals surface area (Å²) in [6.45, 7) is 5.04. The number of likely N-dealkylation sites (tertiary alicyclic amines) is 1. The highest BCUT2D eigenvalue weighted by Crippen LogP contribution is 2.26. The fraction of sp³-hybridized carbons (Fsp3) is 0.917. The third-order valence-electron chi connectivity index (χ3n) is 3.69. The van der Waals surface area contributed by atoms with Crippen LogP contribution in [0.5, 0.6) is 0 Å². The van der Waals surface area contributed by atoms with Crippen LogP contribution < -0.4 is 5.32 Å². The molecule has 0 aromatic rings. The molecule has 1 saturated heterocycles. The van der Waals surface area contributed by atoms with E-state index in [0.717, 1.165) is 19.1 Å². The molecule has 3 heteroatoms. The van der Waals surface area contributed by atoms with Crippen molar-refractivity contribution in [2.75, 3.05) is 13.6 Å². The van der Waals surface area contributed by atoms with E-state index in [-0.39, 0.29) is 0 Å². The summed E-state index contributed by atoms with van der Waals surface area (Å²) in [6, 6.07) is 1.78. The molecule has 0 bridgehead atoms. The van der Waals surface area contributed by atoms with E-state index in [2.05, 4.69) is 24.1 Å². The Kier molecular flexibility index (Phi) is 5.26. The van der Waals surface area contributed by atoms with Crippen molar-refractivity contribution in [3.8, 4) is 0 Å². The Morgan fingerprint density at radius 3 is 2.13 bits per heavy atom. The SMILES string of the molecule is CCC1CC(NC)CC(CC)N1CC=O. The van der Waals surface area contributed by atoms with Gasteiger partial charge in [0.2, 0.25) is 0 Å². The monoisotopic (exact) mass is 212 g/mol. The number of piperidine rings is 1. The quantitative estimate of drug-likeness (QED) is 0.700. The van der Waals surface area contributed by atoms with Gasteiger partial charge in [-0.2, -0.15) is 0 Å². The number of hydrogen-bond acceptors (Lipinski definition) is 3. The Morgan fingerprint density at radius 2 is 1.80 bits per heavy atom. The molecule has 15 heavy (non-hydrogen) atoms. The summed E-state index contributed by atoms with van der Waals surface area (Å²) in [6.07, 6.45) is 5.69. The molecule has 0 aliphatic carbocycles. The van der Waals surface area contributed by atoms with Crippen molar-refractivity contribution in [3.63, 3.8) is 0 Å². The number of aldehydes is 1. The fourth-order valence-corrected chi connectivity index (χ4v) is 2.74. The number of carbonyl (C=O) groups is 1. The van der Waals surface area contributed by atoms with Crippen LogP contribution in [0, 0.1) is 0 Å². The second kappa shape index (κ2) is 6.23. The Balaban J connectivity index is 2.67. The van der Waals surface area contributed by atoms with Crippen LogP contribution in [0.25, 0.3) is 0 Å². The molecule has 2 unspecified atom stereocenters. The fourth-order valence-electron chi connectivity index (χ4n) is 2.74. The van der Waals surface area contributed by atoms with Gasteiger partial charge in [0.15, 0.2) is 0 Å². The van der Waals surface area contributed by atoms with Gasteiger partial charge in [-0.05, 0) is 32.7 Å². The summed E-state index contributed by atoms with van der Waals surface area (Å²) in [7, 11) is 2.04. The van der Waals surface area contributed by atoms with Gasteiger partial charge in [0.1, 0.15) is 6.29 Å². The molecule has 1 aliphatic rings. The second-order valence-corrected chi connectivity index (χ2v) is 4.44. The summed E-state index contributed by atoms with van der Waals surface area (Å²) >= 11 is 0. The molecule has 0 radical (unpaired) electrons. The van der Waals surface area contributed by atoms with Gasteiger partial charge in [-0.1, -0.05) is 13.8 Å². The van der Waals surface area contributed by atoms with Crippen LogP contribution in [-0.2, 0) is 4.79 Å². The lowest BCUT2D eigenvalue weighted by Gasteiger charge is -2.44. The highest BCUT2D eigenvalue weighted by Gasteiger charge is 2.32. The van der Waals surface area contributed by atoms with Crippen molar-refractivity contribution in [3.05, 3.63) is 0 Å². The molecule has 1 rings (SSSR count). The van der Waals surface area contributed by atoms with Crippen molar-refractivity contribution in [1.29, 1.82) is 0 Å². The minimum absolute atomic E-state index is 0.575. The molecule has 3 nitrogen and oxygen atoms in total. The van der Waals surface area contributed by atoms with Crippen LogP contribution in [-0.4, -0.2) is 42.9 Å². The maximum atomic E-state index is 10.7. The largest absolute Gasteiger partial charge is 0.317 e. The lowest BCUT2D eigenvalue weighted by molar-refractivity contribution is -0.110. The lowest BCUT2D eigenvalue weighted by atomic mass is 9.89. The summed E-state index contributed by atoms with van der Waals surface area (Å²) in [5.41, 5.74) is 0. The van der Waals surface area contributed by atoms with Crippen molar-refractivity contribution in [1.82, 2.24) is 10.2 Å². The first-order valence-corrected chi connectivity index (χ1v) is 6.13. The Bertz CT molecular complexity index is 182. The molecular weight excluding hydrogens is 188 g/mol. The van der Waals surface area contributed by atoms with Crippen LogP contribution in [0.1, 0.15) is 39.5 Å². The zero-order valence-electron chi connectivity index (χ0n) is 10.2. The van der Waals surface area contributed by atoms with Crippen molar-refractivity contribution < 1.29 is 4.79 Å². The van der Waals surface area contributed by atoms with Gasteiger partial charge in [-0.15, -0.1) is 0 Å². The van der Waals surface area contributed by atoms with E-state index in [9.17, 15) is 4.79 Å². The van der Waals surface area contributed by atoms with Gasteiger partial charge in [0, 0.05) is 18.1 Å². The van der Waals surface area contributed by atoms with E-state index in [4.69, 9.17) is 0 Å². The maximum Gasteiger partial charge on any atom is 0.134 e. The van der Waals surface area contributed by atoms with E-state index >= 15 is 0 Å². The van der Waals surface area contributed by atoms with E-state index in [1.165, 1.54) is 12.8 Å². The molecule has 0 amide bonds. The van der Waals surface area contributed by atoms with Crippen LogP contribution in [0.2, 0.25) is 0 Å². The predicted molar refractivity (Wildman–Crippen MR) is 63.0 cm³/mol. The number of rotatable bonds is 5. The predicted octanol–water partition coefficient (Wildman–Crippen LogP) is 1.43. The number of carbonyl (C=O) groups excluding carboxylic acids is 1. The zero-order valence-corrected chi connectivity index (χ0v) is 10.2. The van der Waals surface area contributed by atoms with Crippen molar-refractivity contribution in [2.45, 2.75) is 57.7 Å². The normalized spacial score (nSPS) is 32.9. The van der Waals surface area contributed by atoms with Crippen molar-refractivity contribution >= 4 is 6.29 Å². The minimum Gasteiger partial charge on any atom is -0.317 e. The van der Waals surface area contributed by atoms with Crippen LogP contribution in [0.4, 0.5) is 0 Å². The molecule has 1 fully saturated rings. The standard InChI is InChI=1S/C12H24N2O/c1-4-11-8-10(13-3)9-12(5-2)14(11)6-7-15/h7,10-13H,4-6,8-9H2,1-3H3. The molecule has 1 heterocycles. The van der Waals surface area contributed by atoms with Gasteiger partial charge in [0.05, 0.1) is 6.54 Å². The third-order valence-corrected chi connectivity index (χ3v) is 3.69. The Morgan fingerprint density at radius 1 is 1.27 bits per heavy atom. The molecule has 0 aromatic heterocycles. The second-order valence-electron chi connectivity index (χ2n) is 4.44. The average Bonchev–Trinajstić information content (AvgIpc) is 2.29. The average molecular weight is 212 g/mol.